The molecule has 0 aliphatic heterocycles. The summed E-state index contributed by atoms with van der Waals surface area (Å²) in [6, 6.07) is 14.1. The van der Waals surface area contributed by atoms with Crippen molar-refractivity contribution in [1.82, 2.24) is 0 Å². The number of ether oxygens (including phenoxy) is 2. The van der Waals surface area contributed by atoms with E-state index < -0.39 is 24.2 Å². The zero-order chi connectivity index (χ0) is 35.2. The summed E-state index contributed by atoms with van der Waals surface area (Å²) in [6.07, 6.45) is 9.96. The van der Waals surface area contributed by atoms with Gasteiger partial charge in [0.15, 0.2) is 0 Å². The van der Waals surface area contributed by atoms with Gasteiger partial charge in [-0.25, -0.2) is 29.1 Å². The van der Waals surface area contributed by atoms with Gasteiger partial charge in [0.05, 0.1) is 11.1 Å². The third-order valence-corrected chi connectivity index (χ3v) is 10.4. The summed E-state index contributed by atoms with van der Waals surface area (Å²) >= 11 is 0. The summed E-state index contributed by atoms with van der Waals surface area (Å²) in [4.78, 5) is 67.8. The first kappa shape index (κ1) is 37.7. The van der Waals surface area contributed by atoms with Crippen molar-refractivity contribution >= 4 is 24.2 Å². The minimum atomic E-state index is -1.02. The lowest BCUT2D eigenvalue weighted by Gasteiger charge is -2.46. The van der Waals surface area contributed by atoms with Crippen LogP contribution in [0.15, 0.2) is 48.5 Å². The van der Waals surface area contributed by atoms with Crippen LogP contribution in [0.25, 0.3) is 0 Å². The molecule has 2 aliphatic rings. The van der Waals surface area contributed by atoms with E-state index >= 15 is 0 Å². The molecule has 10 nitrogen and oxygen atoms in total. The summed E-state index contributed by atoms with van der Waals surface area (Å²) in [5, 5.41) is 0. The first-order valence-corrected chi connectivity index (χ1v) is 18.0. The maximum Gasteiger partial charge on any atom is 0.550 e. The van der Waals surface area contributed by atoms with Gasteiger partial charge in [0, 0.05) is 0 Å². The van der Waals surface area contributed by atoms with E-state index in [1.807, 2.05) is 24.3 Å². The van der Waals surface area contributed by atoms with E-state index in [0.717, 1.165) is 75.3 Å². The molecule has 2 aliphatic carbocycles. The molecule has 0 spiro atoms. The van der Waals surface area contributed by atoms with Gasteiger partial charge in [0.2, 0.25) is 0 Å². The third-order valence-electron chi connectivity index (χ3n) is 10.4. The lowest BCUT2D eigenvalue weighted by atomic mass is 9.60. The zero-order valence-corrected chi connectivity index (χ0v) is 29.4. The van der Waals surface area contributed by atoms with Crippen molar-refractivity contribution in [3.8, 4) is 0 Å². The SMILES string of the molecule is CCCCc1ccc(C(=O)OOC(=O)OC2CCC(C(C)(C)C3CCC(OC(=O)OOC(=O)c4ccc(CCCC)cc4)CC3)CC2)cc1. The van der Waals surface area contributed by atoms with Crippen LogP contribution in [-0.2, 0) is 41.9 Å². The molecule has 49 heavy (non-hydrogen) atoms. The second-order valence-corrected chi connectivity index (χ2v) is 14.0. The smallest absolute Gasteiger partial charge is 0.428 e. The zero-order valence-electron chi connectivity index (χ0n) is 29.4. The van der Waals surface area contributed by atoms with Gasteiger partial charge in [0.25, 0.3) is 0 Å². The average Bonchev–Trinajstić information content (AvgIpc) is 3.12. The Labute approximate surface area is 290 Å². The fourth-order valence-electron chi connectivity index (χ4n) is 7.11. The molecule has 0 saturated heterocycles. The van der Waals surface area contributed by atoms with Crippen molar-refractivity contribution in [3.63, 3.8) is 0 Å². The summed E-state index contributed by atoms with van der Waals surface area (Å²) in [5.74, 6) is -0.615. The molecule has 0 radical (unpaired) electrons. The van der Waals surface area contributed by atoms with Gasteiger partial charge < -0.3 is 9.47 Å². The Kier molecular flexibility index (Phi) is 14.3. The molecule has 268 valence electrons. The Morgan fingerprint density at radius 3 is 1.22 bits per heavy atom. The molecule has 0 N–H and O–H groups in total. The van der Waals surface area contributed by atoms with Gasteiger partial charge >= 0.3 is 24.2 Å². The Bertz CT molecular complexity index is 1250. The largest absolute Gasteiger partial charge is 0.550 e. The van der Waals surface area contributed by atoms with Crippen molar-refractivity contribution in [3.05, 3.63) is 70.8 Å². The molecule has 0 unspecified atom stereocenters. The van der Waals surface area contributed by atoms with Crippen molar-refractivity contribution in [1.29, 1.82) is 0 Å². The minimum Gasteiger partial charge on any atom is -0.428 e. The summed E-state index contributed by atoms with van der Waals surface area (Å²) in [5.41, 5.74) is 2.92. The van der Waals surface area contributed by atoms with Gasteiger partial charge in [0.1, 0.15) is 12.2 Å². The second kappa shape index (κ2) is 18.6. The van der Waals surface area contributed by atoms with Crippen LogP contribution in [0.5, 0.6) is 0 Å². The molecule has 0 atom stereocenters. The van der Waals surface area contributed by atoms with E-state index in [1.54, 1.807) is 24.3 Å². The fraction of sp³-hybridized carbons (Fsp3) is 0.590. The normalized spacial score (nSPS) is 20.8. The highest BCUT2D eigenvalue weighted by atomic mass is 17.2. The minimum absolute atomic E-state index is 0.0419. The van der Waals surface area contributed by atoms with Crippen molar-refractivity contribution in [2.75, 3.05) is 0 Å². The Balaban J connectivity index is 1.11. The van der Waals surface area contributed by atoms with E-state index in [0.29, 0.717) is 48.6 Å². The van der Waals surface area contributed by atoms with E-state index in [-0.39, 0.29) is 17.6 Å². The molecule has 2 aromatic rings. The van der Waals surface area contributed by atoms with Crippen LogP contribution in [0.2, 0.25) is 0 Å². The van der Waals surface area contributed by atoms with E-state index in [2.05, 4.69) is 37.5 Å². The number of aryl methyl sites for hydroxylation is 2. The molecule has 0 amide bonds. The monoisotopic (exact) mass is 680 g/mol. The van der Waals surface area contributed by atoms with Crippen LogP contribution in [0.1, 0.15) is 137 Å². The lowest BCUT2D eigenvalue weighted by Crippen LogP contribution is -2.39. The molecule has 2 fully saturated rings. The van der Waals surface area contributed by atoms with Crippen LogP contribution < -0.4 is 0 Å². The van der Waals surface area contributed by atoms with Gasteiger partial charge in [-0.3, -0.25) is 0 Å². The van der Waals surface area contributed by atoms with Crippen LogP contribution in [0.3, 0.4) is 0 Å². The summed E-state index contributed by atoms with van der Waals surface area (Å²) < 4.78 is 10.9. The van der Waals surface area contributed by atoms with Crippen LogP contribution in [-0.4, -0.2) is 36.5 Å². The highest BCUT2D eigenvalue weighted by Gasteiger charge is 2.41. The predicted octanol–water partition coefficient (Wildman–Crippen LogP) is 9.67. The molecular formula is C39H52O10. The van der Waals surface area contributed by atoms with Gasteiger partial charge in [-0.05, 0) is 130 Å². The Morgan fingerprint density at radius 1 is 0.551 bits per heavy atom. The highest BCUT2D eigenvalue weighted by Crippen LogP contribution is 2.49. The average molecular weight is 681 g/mol. The maximum absolute atomic E-state index is 12.3. The predicted molar refractivity (Wildman–Crippen MR) is 181 cm³/mol. The first-order chi connectivity index (χ1) is 23.6. The molecule has 0 heterocycles. The number of hydrogen-bond acceptors (Lipinski definition) is 10. The summed E-state index contributed by atoms with van der Waals surface area (Å²) in [7, 11) is 0. The Morgan fingerprint density at radius 2 is 0.898 bits per heavy atom. The molecule has 10 heteroatoms. The number of hydrogen-bond donors (Lipinski definition) is 0. The first-order valence-electron chi connectivity index (χ1n) is 18.0. The quantitative estimate of drug-likeness (QED) is 0.122. The molecule has 0 aromatic heterocycles. The fourth-order valence-corrected chi connectivity index (χ4v) is 7.11. The highest BCUT2D eigenvalue weighted by molar-refractivity contribution is 5.89. The van der Waals surface area contributed by atoms with E-state index in [1.165, 1.54) is 0 Å². The second-order valence-electron chi connectivity index (χ2n) is 14.0. The number of rotatable bonds is 12. The molecule has 0 bridgehead atoms. The molecule has 4 rings (SSSR count). The summed E-state index contributed by atoms with van der Waals surface area (Å²) in [6.45, 7) is 8.83. The molecular weight excluding hydrogens is 628 g/mol. The van der Waals surface area contributed by atoms with Gasteiger partial charge in [-0.2, -0.15) is 9.59 Å². The van der Waals surface area contributed by atoms with Crippen molar-refractivity contribution in [2.24, 2.45) is 17.3 Å². The van der Waals surface area contributed by atoms with Crippen LogP contribution >= 0.6 is 0 Å². The standard InChI is InChI=1S/C39H52O10/c1-5-7-9-27-11-15-29(16-12-27)35(40)46-48-37(42)44-33-23-19-31(20-24-33)39(3,4)32-21-25-34(26-22-32)45-38(43)49-47-36(41)30-17-13-28(14-18-30)10-8-6-2/h11-18,31-34H,5-10,19-26H2,1-4H3. The lowest BCUT2D eigenvalue weighted by molar-refractivity contribution is -0.209. The van der Waals surface area contributed by atoms with Crippen molar-refractivity contribution < 1.29 is 48.2 Å². The van der Waals surface area contributed by atoms with E-state index in [9.17, 15) is 19.2 Å². The molecule has 2 aromatic carbocycles. The van der Waals surface area contributed by atoms with Crippen LogP contribution in [0.4, 0.5) is 9.59 Å². The van der Waals surface area contributed by atoms with Gasteiger partial charge in [-0.15, -0.1) is 0 Å². The van der Waals surface area contributed by atoms with Gasteiger partial charge in [-0.1, -0.05) is 64.8 Å². The molecule has 2 saturated carbocycles. The van der Waals surface area contributed by atoms with E-state index in [4.69, 9.17) is 19.2 Å². The van der Waals surface area contributed by atoms with Crippen molar-refractivity contribution in [2.45, 2.75) is 130 Å². The third kappa shape index (κ3) is 11.5. The Hall–Kier alpha value is -4.08. The van der Waals surface area contributed by atoms with Crippen LogP contribution in [0, 0.1) is 17.3 Å². The maximum atomic E-state index is 12.3. The number of carbonyl (C=O) groups is 4. The number of carbonyl (C=O) groups excluding carboxylic acids is 4. The number of benzene rings is 2. The number of unbranched alkanes of at least 4 members (excludes halogenated alkanes) is 2. The topological polar surface area (TPSA) is 124 Å².